The van der Waals surface area contributed by atoms with Gasteiger partial charge >= 0.3 is 0 Å². The van der Waals surface area contributed by atoms with Crippen LogP contribution in [0, 0.1) is 0 Å². The van der Waals surface area contributed by atoms with E-state index in [0.29, 0.717) is 11.6 Å². The molecule has 0 spiro atoms. The first kappa shape index (κ1) is 11.4. The molecule has 1 N–H and O–H groups in total. The van der Waals surface area contributed by atoms with E-state index in [1.165, 1.54) is 0 Å². The van der Waals surface area contributed by atoms with Crippen molar-refractivity contribution in [1.82, 2.24) is 0 Å². The van der Waals surface area contributed by atoms with E-state index in [-0.39, 0.29) is 6.10 Å². The van der Waals surface area contributed by atoms with Crippen LogP contribution < -0.4 is 0 Å². The van der Waals surface area contributed by atoms with Crippen molar-refractivity contribution in [1.29, 1.82) is 0 Å². The molecule has 3 nitrogen and oxygen atoms in total. The van der Waals surface area contributed by atoms with E-state index >= 15 is 0 Å². The second-order valence-corrected chi connectivity index (χ2v) is 4.14. The Morgan fingerprint density at radius 2 is 2.06 bits per heavy atom. The molecule has 1 aromatic carbocycles. The molecule has 0 bridgehead atoms. The minimum absolute atomic E-state index is 0.256. The maximum Gasteiger partial charge on any atom is 0.159 e. The van der Waals surface area contributed by atoms with Gasteiger partial charge in [0.1, 0.15) is 11.8 Å². The SMILES string of the molecule is O[C@@H]1C(c2ccccc2)=NO[C@H]1CCCCl. The van der Waals surface area contributed by atoms with Gasteiger partial charge in [0.2, 0.25) is 0 Å². The van der Waals surface area contributed by atoms with Crippen LogP contribution in [0.3, 0.4) is 0 Å². The molecule has 86 valence electrons. The number of hydrogen-bond donors (Lipinski definition) is 1. The average molecular weight is 240 g/mol. The molecule has 0 radical (unpaired) electrons. The van der Waals surface area contributed by atoms with Gasteiger partial charge in [-0.2, -0.15) is 0 Å². The molecule has 0 unspecified atom stereocenters. The number of hydrogen-bond acceptors (Lipinski definition) is 3. The van der Waals surface area contributed by atoms with Gasteiger partial charge in [-0.25, -0.2) is 0 Å². The lowest BCUT2D eigenvalue weighted by Crippen LogP contribution is -2.29. The van der Waals surface area contributed by atoms with Crippen molar-refractivity contribution < 1.29 is 9.94 Å². The second kappa shape index (κ2) is 5.32. The lowest BCUT2D eigenvalue weighted by atomic mass is 10.00. The Hall–Kier alpha value is -1.06. The summed E-state index contributed by atoms with van der Waals surface area (Å²) in [7, 11) is 0. The maximum absolute atomic E-state index is 10.0. The minimum atomic E-state index is -0.648. The molecular weight excluding hydrogens is 226 g/mol. The summed E-state index contributed by atoms with van der Waals surface area (Å²) in [6.45, 7) is 0. The Balaban J connectivity index is 2.04. The molecule has 2 rings (SSSR count). The standard InChI is InChI=1S/C12H14ClNO2/c13-8-4-7-10-12(15)11(14-16-10)9-5-2-1-3-6-9/h1-3,5-6,10,12,15H,4,7-8H2/t10-,12-/m0/s1. The molecule has 2 atom stereocenters. The van der Waals surface area contributed by atoms with Crippen LogP contribution in [-0.2, 0) is 4.84 Å². The van der Waals surface area contributed by atoms with Gasteiger partial charge in [0.15, 0.2) is 6.10 Å². The summed E-state index contributed by atoms with van der Waals surface area (Å²) >= 11 is 5.61. The van der Waals surface area contributed by atoms with E-state index < -0.39 is 6.10 Å². The molecule has 1 aliphatic heterocycles. The van der Waals surface area contributed by atoms with E-state index in [1.807, 2.05) is 30.3 Å². The van der Waals surface area contributed by atoms with Gasteiger partial charge in [0.05, 0.1) is 0 Å². The fraction of sp³-hybridized carbons (Fsp3) is 0.417. The number of alkyl halides is 1. The number of rotatable bonds is 4. The average Bonchev–Trinajstić information content (AvgIpc) is 2.69. The predicted octanol–water partition coefficient (Wildman–Crippen LogP) is 2.17. The van der Waals surface area contributed by atoms with Crippen LogP contribution in [0.2, 0.25) is 0 Å². The highest BCUT2D eigenvalue weighted by Gasteiger charge is 2.32. The molecule has 16 heavy (non-hydrogen) atoms. The van der Waals surface area contributed by atoms with Crippen LogP contribution in [-0.4, -0.2) is 28.9 Å². The van der Waals surface area contributed by atoms with Crippen LogP contribution in [0.1, 0.15) is 18.4 Å². The number of nitrogens with zero attached hydrogens (tertiary/aromatic N) is 1. The van der Waals surface area contributed by atoms with Gasteiger partial charge < -0.3 is 9.94 Å². The Kier molecular flexibility index (Phi) is 3.80. The summed E-state index contributed by atoms with van der Waals surface area (Å²) in [6.07, 6.45) is 0.644. The summed E-state index contributed by atoms with van der Waals surface area (Å²) < 4.78 is 0. The highest BCUT2D eigenvalue weighted by atomic mass is 35.5. The minimum Gasteiger partial charge on any atom is -0.389 e. The summed E-state index contributed by atoms with van der Waals surface area (Å²) in [5.74, 6) is 0.577. The zero-order valence-electron chi connectivity index (χ0n) is 8.84. The number of benzene rings is 1. The van der Waals surface area contributed by atoms with Crippen molar-refractivity contribution in [2.45, 2.75) is 25.0 Å². The second-order valence-electron chi connectivity index (χ2n) is 3.76. The fourth-order valence-corrected chi connectivity index (χ4v) is 1.89. The zero-order chi connectivity index (χ0) is 11.4. The third-order valence-corrected chi connectivity index (χ3v) is 2.88. The van der Waals surface area contributed by atoms with E-state index in [4.69, 9.17) is 16.4 Å². The molecule has 0 fully saturated rings. The van der Waals surface area contributed by atoms with E-state index in [1.54, 1.807) is 0 Å². The largest absolute Gasteiger partial charge is 0.389 e. The molecule has 1 heterocycles. The predicted molar refractivity (Wildman–Crippen MR) is 63.8 cm³/mol. The molecule has 1 aliphatic rings. The third kappa shape index (κ3) is 2.36. The van der Waals surface area contributed by atoms with Gasteiger partial charge in [0.25, 0.3) is 0 Å². The summed E-state index contributed by atoms with van der Waals surface area (Å²) in [4.78, 5) is 5.21. The Labute approximate surface area is 99.7 Å². The van der Waals surface area contributed by atoms with Gasteiger partial charge in [-0.3, -0.25) is 0 Å². The van der Waals surface area contributed by atoms with Gasteiger partial charge in [0, 0.05) is 11.4 Å². The first-order valence-electron chi connectivity index (χ1n) is 5.36. The third-order valence-electron chi connectivity index (χ3n) is 2.61. The summed E-state index contributed by atoms with van der Waals surface area (Å²) in [5, 5.41) is 14.0. The zero-order valence-corrected chi connectivity index (χ0v) is 9.60. The number of oxime groups is 1. The van der Waals surface area contributed by atoms with Crippen LogP contribution in [0.5, 0.6) is 0 Å². The van der Waals surface area contributed by atoms with Gasteiger partial charge in [-0.15, -0.1) is 11.6 Å². The monoisotopic (exact) mass is 239 g/mol. The molecule has 0 aliphatic carbocycles. The van der Waals surface area contributed by atoms with Crippen LogP contribution in [0.25, 0.3) is 0 Å². The van der Waals surface area contributed by atoms with E-state index in [2.05, 4.69) is 5.16 Å². The topological polar surface area (TPSA) is 41.8 Å². The van der Waals surface area contributed by atoms with Crippen LogP contribution in [0.4, 0.5) is 0 Å². The summed E-state index contributed by atoms with van der Waals surface area (Å²) in [5.41, 5.74) is 1.52. The van der Waals surface area contributed by atoms with Crippen LogP contribution in [0.15, 0.2) is 35.5 Å². The number of aliphatic hydroxyl groups excluding tert-OH is 1. The number of aliphatic hydroxyl groups is 1. The fourth-order valence-electron chi connectivity index (χ4n) is 1.73. The Morgan fingerprint density at radius 1 is 1.31 bits per heavy atom. The smallest absolute Gasteiger partial charge is 0.159 e. The number of halogens is 1. The Morgan fingerprint density at radius 3 is 2.75 bits per heavy atom. The maximum atomic E-state index is 10.0. The lowest BCUT2D eigenvalue weighted by molar-refractivity contribution is 0.0163. The first-order valence-corrected chi connectivity index (χ1v) is 5.89. The molecule has 0 saturated heterocycles. The van der Waals surface area contributed by atoms with E-state index in [9.17, 15) is 5.11 Å². The normalized spacial score (nSPS) is 24.0. The van der Waals surface area contributed by atoms with Crippen molar-refractivity contribution in [3.63, 3.8) is 0 Å². The summed E-state index contributed by atoms with van der Waals surface area (Å²) in [6, 6.07) is 9.58. The molecule has 0 saturated carbocycles. The molecule has 4 heteroatoms. The van der Waals surface area contributed by atoms with Crippen molar-refractivity contribution in [2.24, 2.45) is 5.16 Å². The van der Waals surface area contributed by atoms with Gasteiger partial charge in [-0.1, -0.05) is 35.5 Å². The van der Waals surface area contributed by atoms with Crippen molar-refractivity contribution in [3.05, 3.63) is 35.9 Å². The quantitative estimate of drug-likeness (QED) is 0.819. The molecule has 0 amide bonds. The van der Waals surface area contributed by atoms with Gasteiger partial charge in [-0.05, 0) is 12.8 Å². The van der Waals surface area contributed by atoms with E-state index in [0.717, 1.165) is 18.4 Å². The molecule has 1 aromatic rings. The lowest BCUT2D eigenvalue weighted by Gasteiger charge is -2.12. The van der Waals surface area contributed by atoms with Crippen molar-refractivity contribution >= 4 is 17.3 Å². The molecular formula is C12H14ClNO2. The highest BCUT2D eigenvalue weighted by molar-refractivity contribution is 6.17. The molecule has 0 aromatic heterocycles. The first-order chi connectivity index (χ1) is 7.83. The van der Waals surface area contributed by atoms with Crippen molar-refractivity contribution in [2.75, 3.05) is 5.88 Å². The van der Waals surface area contributed by atoms with Crippen molar-refractivity contribution in [3.8, 4) is 0 Å². The highest BCUT2D eigenvalue weighted by Crippen LogP contribution is 2.20. The Bertz CT molecular complexity index is 367. The van der Waals surface area contributed by atoms with Crippen LogP contribution >= 0.6 is 11.6 Å².